The third-order valence-corrected chi connectivity index (χ3v) is 6.17. The highest BCUT2D eigenvalue weighted by Gasteiger charge is 2.44. The fourth-order valence-electron chi connectivity index (χ4n) is 4.31. The molecule has 1 aromatic heterocycles. The Kier molecular flexibility index (Phi) is 7.43. The lowest BCUT2D eigenvalue weighted by Gasteiger charge is -2.41. The molecule has 1 atom stereocenters. The van der Waals surface area contributed by atoms with E-state index in [-0.39, 0.29) is 17.9 Å². The monoisotopic (exact) mass is 478 g/mol. The summed E-state index contributed by atoms with van der Waals surface area (Å²) in [7, 11) is 0. The predicted octanol–water partition coefficient (Wildman–Crippen LogP) is 2.82. The van der Waals surface area contributed by atoms with Crippen LogP contribution in [0.15, 0.2) is 55.5 Å². The summed E-state index contributed by atoms with van der Waals surface area (Å²) in [4.78, 5) is 40.3. The third-order valence-electron chi connectivity index (χ3n) is 6.17. The first kappa shape index (κ1) is 25.0. The van der Waals surface area contributed by atoms with Gasteiger partial charge >= 0.3 is 12.1 Å². The molecule has 0 spiro atoms. The number of carbonyl (C=O) groups excluding carboxylic acids is 2. The SMILES string of the molecule is C=CC(=O)N1CCC(C(=O)NC2CCn3cncc32)(c2ccccc2)CC1.O=C(O)C(F)(F)F. The minimum atomic E-state index is -5.08. The van der Waals surface area contributed by atoms with Gasteiger partial charge < -0.3 is 19.9 Å². The number of benzene rings is 1. The molecule has 34 heavy (non-hydrogen) atoms. The molecule has 11 heteroatoms. The second-order valence-corrected chi connectivity index (χ2v) is 8.11. The van der Waals surface area contributed by atoms with Gasteiger partial charge in [0.05, 0.1) is 29.7 Å². The maximum atomic E-state index is 13.5. The number of carboxylic acid groups (broad SMARTS) is 1. The number of nitrogens with one attached hydrogen (secondary N) is 1. The second-order valence-electron chi connectivity index (χ2n) is 8.11. The van der Waals surface area contributed by atoms with E-state index in [2.05, 4.69) is 21.4 Å². The third kappa shape index (κ3) is 5.29. The lowest BCUT2D eigenvalue weighted by Crippen LogP contribution is -2.53. The van der Waals surface area contributed by atoms with E-state index in [1.165, 1.54) is 6.08 Å². The average Bonchev–Trinajstić information content (AvgIpc) is 3.44. The first-order valence-corrected chi connectivity index (χ1v) is 10.7. The lowest BCUT2D eigenvalue weighted by molar-refractivity contribution is -0.192. The second kappa shape index (κ2) is 10.1. The number of alkyl halides is 3. The minimum absolute atomic E-state index is 0.00609. The van der Waals surface area contributed by atoms with Gasteiger partial charge in [0.25, 0.3) is 0 Å². The lowest BCUT2D eigenvalue weighted by atomic mass is 9.71. The van der Waals surface area contributed by atoms with E-state index in [9.17, 15) is 22.8 Å². The van der Waals surface area contributed by atoms with Crippen LogP contribution in [0.5, 0.6) is 0 Å². The number of hydrogen-bond donors (Lipinski definition) is 2. The first-order chi connectivity index (χ1) is 16.1. The Bertz CT molecular complexity index is 1040. The molecule has 2 amide bonds. The number of carbonyl (C=O) groups is 3. The highest BCUT2D eigenvalue weighted by Crippen LogP contribution is 2.37. The predicted molar refractivity (Wildman–Crippen MR) is 116 cm³/mol. The van der Waals surface area contributed by atoms with E-state index in [4.69, 9.17) is 9.90 Å². The van der Waals surface area contributed by atoms with Crippen LogP contribution in [0.3, 0.4) is 0 Å². The molecule has 0 radical (unpaired) electrons. The Morgan fingerprint density at radius 2 is 1.76 bits per heavy atom. The fraction of sp³-hybridized carbons (Fsp3) is 0.391. The van der Waals surface area contributed by atoms with Crippen molar-refractivity contribution in [1.29, 1.82) is 0 Å². The van der Waals surface area contributed by atoms with Crippen LogP contribution in [0.2, 0.25) is 0 Å². The average molecular weight is 478 g/mol. The van der Waals surface area contributed by atoms with Gasteiger partial charge in [0, 0.05) is 19.6 Å². The van der Waals surface area contributed by atoms with Crippen molar-refractivity contribution in [2.24, 2.45) is 0 Å². The van der Waals surface area contributed by atoms with Crippen molar-refractivity contribution >= 4 is 17.8 Å². The number of aryl methyl sites for hydroxylation is 1. The number of fused-ring (bicyclic) bond motifs is 1. The Balaban J connectivity index is 0.000000406. The summed E-state index contributed by atoms with van der Waals surface area (Å²) in [5, 5.41) is 10.4. The Hall–Kier alpha value is -3.63. The number of hydrogen-bond acceptors (Lipinski definition) is 4. The van der Waals surface area contributed by atoms with Crippen LogP contribution in [0.4, 0.5) is 13.2 Å². The summed E-state index contributed by atoms with van der Waals surface area (Å²) >= 11 is 0. The normalized spacial score (nSPS) is 18.8. The van der Waals surface area contributed by atoms with Crippen molar-refractivity contribution < 1.29 is 32.7 Å². The molecule has 8 nitrogen and oxygen atoms in total. The van der Waals surface area contributed by atoms with Crippen LogP contribution in [-0.2, 0) is 26.3 Å². The Labute approximate surface area is 194 Å². The highest BCUT2D eigenvalue weighted by molar-refractivity contribution is 5.90. The molecule has 0 aliphatic carbocycles. The van der Waals surface area contributed by atoms with Gasteiger partial charge in [-0.25, -0.2) is 9.78 Å². The van der Waals surface area contributed by atoms with Gasteiger partial charge in [0.1, 0.15) is 0 Å². The van der Waals surface area contributed by atoms with Crippen LogP contribution < -0.4 is 5.32 Å². The molecule has 0 bridgehead atoms. The smallest absolute Gasteiger partial charge is 0.475 e. The molecule has 2 N–H and O–H groups in total. The number of aliphatic carboxylic acids is 1. The zero-order valence-corrected chi connectivity index (χ0v) is 18.3. The van der Waals surface area contributed by atoms with Crippen molar-refractivity contribution in [1.82, 2.24) is 19.8 Å². The van der Waals surface area contributed by atoms with E-state index in [0.717, 1.165) is 24.2 Å². The number of nitrogens with zero attached hydrogens (tertiary/aromatic N) is 3. The van der Waals surface area contributed by atoms with Gasteiger partial charge in [-0.3, -0.25) is 9.59 Å². The minimum Gasteiger partial charge on any atom is -0.475 e. The molecular weight excluding hydrogens is 453 g/mol. The summed E-state index contributed by atoms with van der Waals surface area (Å²) in [6.45, 7) is 5.55. The van der Waals surface area contributed by atoms with Crippen LogP contribution in [0.25, 0.3) is 0 Å². The van der Waals surface area contributed by atoms with Gasteiger partial charge in [-0.15, -0.1) is 0 Å². The summed E-state index contributed by atoms with van der Waals surface area (Å²) in [6.07, 6.45) is 2.00. The molecule has 2 aromatic rings. The van der Waals surface area contributed by atoms with Gasteiger partial charge in [-0.2, -0.15) is 13.2 Å². The van der Waals surface area contributed by atoms with Crippen LogP contribution in [0.1, 0.15) is 36.6 Å². The molecule has 1 fully saturated rings. The number of carboxylic acids is 1. The van der Waals surface area contributed by atoms with E-state index >= 15 is 0 Å². The molecule has 2 aliphatic rings. The van der Waals surface area contributed by atoms with Crippen LogP contribution in [-0.4, -0.2) is 56.6 Å². The fourth-order valence-corrected chi connectivity index (χ4v) is 4.31. The summed E-state index contributed by atoms with van der Waals surface area (Å²) in [5.74, 6) is -2.79. The number of piperidine rings is 1. The molecule has 1 saturated heterocycles. The maximum Gasteiger partial charge on any atom is 0.490 e. The Morgan fingerprint density at radius 1 is 1.15 bits per heavy atom. The van der Waals surface area contributed by atoms with Crippen LogP contribution >= 0.6 is 0 Å². The van der Waals surface area contributed by atoms with Gasteiger partial charge in [-0.05, 0) is 30.9 Å². The van der Waals surface area contributed by atoms with Gasteiger partial charge in [0.15, 0.2) is 0 Å². The molecule has 3 heterocycles. The molecule has 2 aliphatic heterocycles. The topological polar surface area (TPSA) is 105 Å². The van der Waals surface area contributed by atoms with E-state index in [0.29, 0.717) is 25.9 Å². The molecule has 0 saturated carbocycles. The Morgan fingerprint density at radius 3 is 2.32 bits per heavy atom. The van der Waals surface area contributed by atoms with E-state index in [1.54, 1.807) is 4.90 Å². The van der Waals surface area contributed by atoms with Crippen molar-refractivity contribution in [2.45, 2.75) is 43.4 Å². The number of halogens is 3. The van der Waals surface area contributed by atoms with Gasteiger partial charge in [-0.1, -0.05) is 36.9 Å². The number of imidazole rings is 1. The molecule has 4 rings (SSSR count). The first-order valence-electron chi connectivity index (χ1n) is 10.7. The van der Waals surface area contributed by atoms with Crippen molar-refractivity contribution in [3.8, 4) is 0 Å². The van der Waals surface area contributed by atoms with Crippen molar-refractivity contribution in [3.05, 3.63) is 66.8 Å². The largest absolute Gasteiger partial charge is 0.490 e. The molecule has 182 valence electrons. The zero-order valence-electron chi connectivity index (χ0n) is 18.3. The van der Waals surface area contributed by atoms with Crippen molar-refractivity contribution in [2.75, 3.05) is 13.1 Å². The summed E-state index contributed by atoms with van der Waals surface area (Å²) in [6, 6.07) is 9.92. The van der Waals surface area contributed by atoms with E-state index < -0.39 is 17.6 Å². The van der Waals surface area contributed by atoms with Crippen LogP contribution in [0, 0.1) is 0 Å². The number of aromatic nitrogens is 2. The zero-order chi connectivity index (χ0) is 24.9. The van der Waals surface area contributed by atoms with Crippen molar-refractivity contribution in [3.63, 3.8) is 0 Å². The highest BCUT2D eigenvalue weighted by atomic mass is 19.4. The molecule has 1 aromatic carbocycles. The van der Waals surface area contributed by atoms with E-state index in [1.807, 2.05) is 42.9 Å². The molecule has 1 unspecified atom stereocenters. The maximum absolute atomic E-state index is 13.5. The standard InChI is InChI=1S/C21H24N4O2.C2HF3O2/c1-2-19(26)24-12-9-21(10-13-24,16-6-4-3-5-7-16)20(27)23-17-8-11-25-15-22-14-18(17)25;3-2(4,5)1(6)7/h2-7,14-15,17H,1,8-13H2,(H,23,27);(H,6,7). The summed E-state index contributed by atoms with van der Waals surface area (Å²) in [5.41, 5.74) is 1.46. The molecular formula is C23H25F3N4O4. The number of rotatable bonds is 4. The van der Waals surface area contributed by atoms with Gasteiger partial charge in [0.2, 0.25) is 11.8 Å². The number of likely N-dealkylation sites (tertiary alicyclic amines) is 1. The quantitative estimate of drug-likeness (QED) is 0.658. The summed E-state index contributed by atoms with van der Waals surface area (Å²) < 4.78 is 33.8. The number of amides is 2.